The minimum atomic E-state index is 0.460. The Morgan fingerprint density at radius 3 is 2.41 bits per heavy atom. The number of nitrogens with two attached hydrogens (primary N) is 1. The topological polar surface area (TPSA) is 29.3 Å². The standard InChI is InChI=1S/C15H26N2/c1-11-6-7-15(14(4)13(11)3)8-9-17(5)12(2)10-16/h6-7,12H,8-10,16H2,1-5H3. The first-order valence-electron chi connectivity index (χ1n) is 6.43. The fourth-order valence-corrected chi connectivity index (χ4v) is 1.98. The van der Waals surface area contributed by atoms with E-state index in [9.17, 15) is 0 Å². The molecule has 0 spiro atoms. The first-order chi connectivity index (χ1) is 7.97. The van der Waals surface area contributed by atoms with E-state index in [0.717, 1.165) is 19.5 Å². The smallest absolute Gasteiger partial charge is 0.0187 e. The molecule has 1 aromatic rings. The van der Waals surface area contributed by atoms with Gasteiger partial charge in [0.25, 0.3) is 0 Å². The maximum atomic E-state index is 5.67. The summed E-state index contributed by atoms with van der Waals surface area (Å²) in [7, 11) is 2.15. The third-order valence-corrected chi connectivity index (χ3v) is 4.00. The Morgan fingerprint density at radius 2 is 1.82 bits per heavy atom. The van der Waals surface area contributed by atoms with Crippen molar-refractivity contribution in [1.82, 2.24) is 4.90 Å². The number of benzene rings is 1. The van der Waals surface area contributed by atoms with Gasteiger partial charge in [0, 0.05) is 19.1 Å². The van der Waals surface area contributed by atoms with E-state index in [1.165, 1.54) is 22.3 Å². The van der Waals surface area contributed by atoms with Gasteiger partial charge in [-0.05, 0) is 63.4 Å². The average molecular weight is 234 g/mol. The molecule has 17 heavy (non-hydrogen) atoms. The quantitative estimate of drug-likeness (QED) is 0.848. The lowest BCUT2D eigenvalue weighted by atomic mass is 9.97. The highest BCUT2D eigenvalue weighted by Gasteiger charge is 2.08. The highest BCUT2D eigenvalue weighted by Crippen LogP contribution is 2.17. The predicted molar refractivity (Wildman–Crippen MR) is 75.5 cm³/mol. The van der Waals surface area contributed by atoms with Crippen LogP contribution in [0.25, 0.3) is 0 Å². The van der Waals surface area contributed by atoms with E-state index in [0.29, 0.717) is 6.04 Å². The van der Waals surface area contributed by atoms with Gasteiger partial charge in [-0.25, -0.2) is 0 Å². The summed E-state index contributed by atoms with van der Waals surface area (Å²) in [5.41, 5.74) is 11.4. The van der Waals surface area contributed by atoms with Gasteiger partial charge >= 0.3 is 0 Å². The van der Waals surface area contributed by atoms with Crippen LogP contribution in [0.15, 0.2) is 12.1 Å². The number of aryl methyl sites for hydroxylation is 1. The molecule has 1 aromatic carbocycles. The molecule has 0 bridgehead atoms. The van der Waals surface area contributed by atoms with Gasteiger partial charge in [-0.3, -0.25) is 0 Å². The van der Waals surface area contributed by atoms with Crippen molar-refractivity contribution in [3.63, 3.8) is 0 Å². The van der Waals surface area contributed by atoms with Crippen molar-refractivity contribution in [2.45, 2.75) is 40.2 Å². The highest BCUT2D eigenvalue weighted by molar-refractivity contribution is 5.38. The lowest BCUT2D eigenvalue weighted by molar-refractivity contribution is 0.266. The summed E-state index contributed by atoms with van der Waals surface area (Å²) in [4.78, 5) is 2.33. The molecule has 0 fully saturated rings. The molecule has 2 heteroatoms. The molecular weight excluding hydrogens is 208 g/mol. The summed E-state index contributed by atoms with van der Waals surface area (Å²) in [5.74, 6) is 0. The SMILES string of the molecule is Cc1ccc(CCN(C)C(C)CN)c(C)c1C. The average Bonchev–Trinajstić information content (AvgIpc) is 2.33. The molecule has 0 aliphatic carbocycles. The van der Waals surface area contributed by atoms with E-state index in [1.807, 2.05) is 0 Å². The van der Waals surface area contributed by atoms with Gasteiger partial charge in [0.05, 0.1) is 0 Å². The van der Waals surface area contributed by atoms with E-state index < -0.39 is 0 Å². The Kier molecular flexibility index (Phi) is 5.16. The Balaban J connectivity index is 2.67. The van der Waals surface area contributed by atoms with Crippen molar-refractivity contribution in [1.29, 1.82) is 0 Å². The first-order valence-corrected chi connectivity index (χ1v) is 6.43. The van der Waals surface area contributed by atoms with Gasteiger partial charge in [-0.15, -0.1) is 0 Å². The molecule has 0 aliphatic heterocycles. The largest absolute Gasteiger partial charge is 0.329 e. The van der Waals surface area contributed by atoms with Crippen molar-refractivity contribution in [3.05, 3.63) is 34.4 Å². The monoisotopic (exact) mass is 234 g/mol. The summed E-state index contributed by atoms with van der Waals surface area (Å²) in [6.45, 7) is 10.6. The van der Waals surface area contributed by atoms with Crippen LogP contribution in [-0.4, -0.2) is 31.1 Å². The van der Waals surface area contributed by atoms with Crippen LogP contribution in [0.4, 0.5) is 0 Å². The molecule has 0 saturated carbocycles. The van der Waals surface area contributed by atoms with Crippen LogP contribution in [0, 0.1) is 20.8 Å². The van der Waals surface area contributed by atoms with Crippen LogP contribution in [0.5, 0.6) is 0 Å². The zero-order chi connectivity index (χ0) is 13.0. The summed E-state index contributed by atoms with van der Waals surface area (Å²) in [5, 5.41) is 0. The maximum absolute atomic E-state index is 5.67. The summed E-state index contributed by atoms with van der Waals surface area (Å²) in [6.07, 6.45) is 1.10. The lowest BCUT2D eigenvalue weighted by Crippen LogP contribution is -2.36. The molecule has 0 radical (unpaired) electrons. The zero-order valence-electron chi connectivity index (χ0n) is 11.9. The van der Waals surface area contributed by atoms with Gasteiger partial charge in [0.15, 0.2) is 0 Å². The van der Waals surface area contributed by atoms with Crippen molar-refractivity contribution in [2.75, 3.05) is 20.1 Å². The van der Waals surface area contributed by atoms with Crippen LogP contribution in [0.3, 0.4) is 0 Å². The molecule has 0 saturated heterocycles. The number of nitrogens with zero attached hydrogens (tertiary/aromatic N) is 1. The fourth-order valence-electron chi connectivity index (χ4n) is 1.98. The minimum absolute atomic E-state index is 0.460. The zero-order valence-corrected chi connectivity index (χ0v) is 11.9. The summed E-state index contributed by atoms with van der Waals surface area (Å²) < 4.78 is 0. The van der Waals surface area contributed by atoms with E-state index in [4.69, 9.17) is 5.73 Å². The maximum Gasteiger partial charge on any atom is 0.0187 e. The van der Waals surface area contributed by atoms with E-state index >= 15 is 0 Å². The molecule has 1 atom stereocenters. The molecule has 1 rings (SSSR count). The molecule has 2 N–H and O–H groups in total. The van der Waals surface area contributed by atoms with Gasteiger partial charge in [0.2, 0.25) is 0 Å². The summed E-state index contributed by atoms with van der Waals surface area (Å²) >= 11 is 0. The first kappa shape index (κ1) is 14.2. The highest BCUT2D eigenvalue weighted by atomic mass is 15.1. The predicted octanol–water partition coefficient (Wildman–Crippen LogP) is 2.43. The lowest BCUT2D eigenvalue weighted by Gasteiger charge is -2.23. The third-order valence-electron chi connectivity index (χ3n) is 4.00. The molecule has 0 aromatic heterocycles. The van der Waals surface area contributed by atoms with E-state index in [-0.39, 0.29) is 0 Å². The second-order valence-electron chi connectivity index (χ2n) is 5.11. The van der Waals surface area contributed by atoms with Crippen molar-refractivity contribution in [3.8, 4) is 0 Å². The molecule has 0 aliphatic rings. The Bertz CT molecular complexity index is 371. The molecule has 0 amide bonds. The number of hydrogen-bond acceptors (Lipinski definition) is 2. The number of hydrogen-bond donors (Lipinski definition) is 1. The fraction of sp³-hybridized carbons (Fsp3) is 0.600. The Morgan fingerprint density at radius 1 is 1.18 bits per heavy atom. The summed E-state index contributed by atoms with van der Waals surface area (Å²) in [6, 6.07) is 4.95. The van der Waals surface area contributed by atoms with Crippen LogP contribution in [0.1, 0.15) is 29.2 Å². The van der Waals surface area contributed by atoms with Crippen molar-refractivity contribution >= 4 is 0 Å². The van der Waals surface area contributed by atoms with Gasteiger partial charge in [0.1, 0.15) is 0 Å². The van der Waals surface area contributed by atoms with Gasteiger partial charge in [-0.2, -0.15) is 0 Å². The Labute approximate surface area is 106 Å². The van der Waals surface area contributed by atoms with Crippen LogP contribution in [-0.2, 0) is 6.42 Å². The van der Waals surface area contributed by atoms with Gasteiger partial charge in [-0.1, -0.05) is 12.1 Å². The van der Waals surface area contributed by atoms with Crippen molar-refractivity contribution in [2.24, 2.45) is 5.73 Å². The molecule has 0 heterocycles. The normalized spacial score (nSPS) is 13.1. The van der Waals surface area contributed by atoms with E-state index in [2.05, 4.69) is 51.8 Å². The third kappa shape index (κ3) is 3.55. The molecular formula is C15H26N2. The molecule has 2 nitrogen and oxygen atoms in total. The number of rotatable bonds is 5. The van der Waals surface area contributed by atoms with Crippen LogP contribution >= 0.6 is 0 Å². The van der Waals surface area contributed by atoms with Crippen LogP contribution in [0.2, 0.25) is 0 Å². The van der Waals surface area contributed by atoms with E-state index in [1.54, 1.807) is 0 Å². The second-order valence-corrected chi connectivity index (χ2v) is 5.11. The Hall–Kier alpha value is -0.860. The van der Waals surface area contributed by atoms with Gasteiger partial charge < -0.3 is 10.6 Å². The molecule has 96 valence electrons. The van der Waals surface area contributed by atoms with Crippen LogP contribution < -0.4 is 5.73 Å². The molecule has 1 unspecified atom stereocenters. The second kappa shape index (κ2) is 6.18. The van der Waals surface area contributed by atoms with Crippen molar-refractivity contribution < 1.29 is 0 Å². The minimum Gasteiger partial charge on any atom is -0.329 e. The number of likely N-dealkylation sites (N-methyl/N-ethyl adjacent to an activating group) is 1.